The van der Waals surface area contributed by atoms with Crippen LogP contribution in [0.1, 0.15) is 6.42 Å². The molecule has 6 nitrogen and oxygen atoms in total. The Hall–Kier alpha value is -1.86. The number of nitrogens with zero attached hydrogens (tertiary/aromatic N) is 3. The third-order valence-electron chi connectivity index (χ3n) is 4.03. The lowest BCUT2D eigenvalue weighted by Gasteiger charge is -2.18. The van der Waals surface area contributed by atoms with E-state index in [1.807, 2.05) is 24.3 Å². The molecular weight excluding hydrogens is 336 g/mol. The second-order valence-corrected chi connectivity index (χ2v) is 8.35. The predicted molar refractivity (Wildman–Crippen MR) is 92.4 cm³/mol. The highest BCUT2D eigenvalue weighted by Crippen LogP contribution is 2.27. The largest absolute Gasteiger partial charge is 0.381 e. The van der Waals surface area contributed by atoms with E-state index in [1.165, 1.54) is 6.26 Å². The molecule has 1 unspecified atom stereocenters. The fourth-order valence-corrected chi connectivity index (χ4v) is 3.79. The molecule has 0 aliphatic carbocycles. The molecule has 1 aliphatic heterocycles. The van der Waals surface area contributed by atoms with E-state index >= 15 is 0 Å². The number of nitrogens with two attached hydrogens (primary N) is 1. The molecule has 0 bridgehead atoms. The summed E-state index contributed by atoms with van der Waals surface area (Å²) in [6.45, 7) is 1.27. The van der Waals surface area contributed by atoms with Gasteiger partial charge in [0.1, 0.15) is 0 Å². The zero-order valence-corrected chi connectivity index (χ0v) is 14.2. The van der Waals surface area contributed by atoms with Crippen LogP contribution in [0.2, 0.25) is 5.15 Å². The van der Waals surface area contributed by atoms with Crippen molar-refractivity contribution in [2.24, 2.45) is 0 Å². The van der Waals surface area contributed by atoms with Crippen molar-refractivity contribution >= 4 is 32.9 Å². The van der Waals surface area contributed by atoms with E-state index in [9.17, 15) is 8.42 Å². The Morgan fingerprint density at radius 2 is 2.00 bits per heavy atom. The first-order valence-corrected chi connectivity index (χ1v) is 9.50. The van der Waals surface area contributed by atoms with Crippen LogP contribution in [-0.4, -0.2) is 43.0 Å². The molecule has 0 radical (unpaired) electrons. The molecule has 0 saturated carbocycles. The van der Waals surface area contributed by atoms with Crippen molar-refractivity contribution in [2.75, 3.05) is 30.0 Å². The number of hydrogen-bond acceptors (Lipinski definition) is 6. The van der Waals surface area contributed by atoms with Crippen molar-refractivity contribution in [2.45, 2.75) is 11.7 Å². The SMILES string of the molecule is CS(=O)(=O)C1CCN(c2ccc(-c3cnc(N)c(Cl)n3)cc2)C1. The van der Waals surface area contributed by atoms with Gasteiger partial charge >= 0.3 is 0 Å². The van der Waals surface area contributed by atoms with Crippen molar-refractivity contribution in [3.8, 4) is 11.3 Å². The average molecular weight is 353 g/mol. The fourth-order valence-electron chi connectivity index (χ4n) is 2.67. The van der Waals surface area contributed by atoms with E-state index in [2.05, 4.69) is 14.9 Å². The Labute approximate surface area is 140 Å². The molecule has 1 aliphatic rings. The van der Waals surface area contributed by atoms with Crippen LogP contribution in [0.4, 0.5) is 11.5 Å². The van der Waals surface area contributed by atoms with Gasteiger partial charge < -0.3 is 10.6 Å². The van der Waals surface area contributed by atoms with Crippen molar-refractivity contribution in [3.05, 3.63) is 35.6 Å². The molecule has 0 amide bonds. The Morgan fingerprint density at radius 3 is 2.57 bits per heavy atom. The van der Waals surface area contributed by atoms with Crippen molar-refractivity contribution < 1.29 is 8.42 Å². The molecule has 3 rings (SSSR count). The monoisotopic (exact) mass is 352 g/mol. The minimum absolute atomic E-state index is 0.183. The smallest absolute Gasteiger partial charge is 0.171 e. The summed E-state index contributed by atoms with van der Waals surface area (Å²) in [7, 11) is -2.99. The topological polar surface area (TPSA) is 89.2 Å². The van der Waals surface area contributed by atoms with E-state index in [-0.39, 0.29) is 16.2 Å². The molecule has 0 spiro atoms. The molecule has 2 heterocycles. The third-order valence-corrected chi connectivity index (χ3v) is 5.91. The third kappa shape index (κ3) is 3.40. The van der Waals surface area contributed by atoms with Crippen LogP contribution < -0.4 is 10.6 Å². The number of benzene rings is 1. The van der Waals surface area contributed by atoms with Crippen LogP contribution in [0.3, 0.4) is 0 Å². The van der Waals surface area contributed by atoms with Crippen LogP contribution in [0.5, 0.6) is 0 Å². The Bertz CT molecular complexity index is 824. The standard InChI is InChI=1S/C15H17ClN4O2S/c1-23(21,22)12-6-7-20(9-12)11-4-2-10(3-5-11)13-8-18-15(17)14(16)19-13/h2-5,8,12H,6-7,9H2,1H3,(H2,17,18). The quantitative estimate of drug-likeness (QED) is 0.908. The van der Waals surface area contributed by atoms with E-state index in [4.69, 9.17) is 17.3 Å². The van der Waals surface area contributed by atoms with Gasteiger partial charge in [0.2, 0.25) is 0 Å². The number of halogens is 1. The van der Waals surface area contributed by atoms with Gasteiger partial charge in [-0.1, -0.05) is 23.7 Å². The van der Waals surface area contributed by atoms with Gasteiger partial charge in [0, 0.05) is 30.6 Å². The molecule has 122 valence electrons. The summed E-state index contributed by atoms with van der Waals surface area (Å²) in [5.41, 5.74) is 8.08. The summed E-state index contributed by atoms with van der Waals surface area (Å²) in [5.74, 6) is 0.205. The Balaban J connectivity index is 1.79. The number of rotatable bonds is 3. The van der Waals surface area contributed by atoms with Gasteiger partial charge in [-0.05, 0) is 18.6 Å². The second kappa shape index (κ2) is 5.98. The summed E-state index contributed by atoms with van der Waals surface area (Å²) in [6, 6.07) is 7.73. The lowest BCUT2D eigenvalue weighted by molar-refractivity contribution is 0.589. The van der Waals surface area contributed by atoms with Crippen molar-refractivity contribution in [3.63, 3.8) is 0 Å². The zero-order chi connectivity index (χ0) is 16.6. The summed E-state index contributed by atoms with van der Waals surface area (Å²) in [4.78, 5) is 10.3. The minimum Gasteiger partial charge on any atom is -0.381 e. The molecule has 1 fully saturated rings. The maximum atomic E-state index is 11.6. The van der Waals surface area contributed by atoms with E-state index in [0.29, 0.717) is 18.7 Å². The lowest BCUT2D eigenvalue weighted by Crippen LogP contribution is -2.25. The van der Waals surface area contributed by atoms with E-state index in [0.717, 1.165) is 17.8 Å². The Kier molecular flexibility index (Phi) is 4.16. The molecule has 8 heteroatoms. The summed E-state index contributed by atoms with van der Waals surface area (Å²) >= 11 is 5.89. The predicted octanol–water partition coefficient (Wildman–Crippen LogP) is 2.00. The van der Waals surface area contributed by atoms with Crippen LogP contribution in [-0.2, 0) is 9.84 Å². The van der Waals surface area contributed by atoms with E-state index in [1.54, 1.807) is 6.20 Å². The summed E-state index contributed by atoms with van der Waals surface area (Å²) in [6.07, 6.45) is 3.54. The van der Waals surface area contributed by atoms with Crippen LogP contribution >= 0.6 is 11.6 Å². The summed E-state index contributed by atoms with van der Waals surface area (Å²) < 4.78 is 23.3. The number of nitrogen functional groups attached to an aromatic ring is 1. The lowest BCUT2D eigenvalue weighted by atomic mass is 10.1. The molecule has 1 saturated heterocycles. The molecule has 1 aromatic carbocycles. The van der Waals surface area contributed by atoms with Gasteiger partial charge in [-0.25, -0.2) is 18.4 Å². The first-order chi connectivity index (χ1) is 10.8. The highest BCUT2D eigenvalue weighted by Gasteiger charge is 2.30. The van der Waals surface area contributed by atoms with Gasteiger partial charge in [-0.2, -0.15) is 0 Å². The highest BCUT2D eigenvalue weighted by molar-refractivity contribution is 7.91. The molecule has 1 atom stereocenters. The molecule has 2 N–H and O–H groups in total. The molecule has 23 heavy (non-hydrogen) atoms. The van der Waals surface area contributed by atoms with Gasteiger partial charge in [-0.15, -0.1) is 0 Å². The summed E-state index contributed by atoms with van der Waals surface area (Å²) in [5, 5.41) is -0.105. The first kappa shape index (κ1) is 16.0. The zero-order valence-electron chi connectivity index (χ0n) is 12.6. The van der Waals surface area contributed by atoms with Crippen molar-refractivity contribution in [1.82, 2.24) is 9.97 Å². The second-order valence-electron chi connectivity index (χ2n) is 5.66. The Morgan fingerprint density at radius 1 is 1.30 bits per heavy atom. The first-order valence-electron chi connectivity index (χ1n) is 7.17. The highest BCUT2D eigenvalue weighted by atomic mass is 35.5. The van der Waals surface area contributed by atoms with Crippen molar-refractivity contribution in [1.29, 1.82) is 0 Å². The minimum atomic E-state index is -2.99. The van der Waals surface area contributed by atoms with Gasteiger partial charge in [0.25, 0.3) is 0 Å². The number of anilines is 2. The van der Waals surface area contributed by atoms with Crippen LogP contribution in [0.25, 0.3) is 11.3 Å². The van der Waals surface area contributed by atoms with E-state index < -0.39 is 9.84 Å². The number of aromatic nitrogens is 2. The number of hydrogen-bond donors (Lipinski definition) is 1. The van der Waals surface area contributed by atoms with Gasteiger partial charge in [-0.3, -0.25) is 0 Å². The molecular formula is C15H17ClN4O2S. The maximum Gasteiger partial charge on any atom is 0.171 e. The van der Waals surface area contributed by atoms with Crippen LogP contribution in [0, 0.1) is 0 Å². The van der Waals surface area contributed by atoms with Gasteiger partial charge in [0.05, 0.1) is 17.1 Å². The van der Waals surface area contributed by atoms with Gasteiger partial charge in [0.15, 0.2) is 20.8 Å². The number of sulfone groups is 1. The molecule has 2 aromatic rings. The average Bonchev–Trinajstić information content (AvgIpc) is 3.00. The fraction of sp³-hybridized carbons (Fsp3) is 0.333. The molecule has 1 aromatic heterocycles. The van der Waals surface area contributed by atoms with Crippen LogP contribution in [0.15, 0.2) is 30.5 Å². The maximum absolute atomic E-state index is 11.6. The normalized spacial score (nSPS) is 18.3.